The van der Waals surface area contributed by atoms with Crippen molar-refractivity contribution < 1.29 is 19.5 Å². The van der Waals surface area contributed by atoms with Gasteiger partial charge in [0.1, 0.15) is 6.04 Å². The molecule has 0 spiro atoms. The topological polar surface area (TPSA) is 83.5 Å². The molecule has 0 aliphatic rings. The Morgan fingerprint density at radius 1 is 1.21 bits per heavy atom. The molecule has 0 saturated heterocycles. The number of hydrogen-bond acceptors (Lipinski definition) is 5. The molecule has 0 heterocycles. The minimum absolute atomic E-state index is 0.0574. The van der Waals surface area contributed by atoms with Crippen LogP contribution in [0.1, 0.15) is 18.9 Å². The first-order valence-corrected chi connectivity index (χ1v) is 10.0. The summed E-state index contributed by atoms with van der Waals surface area (Å²) in [6.45, 7) is 1.46. The van der Waals surface area contributed by atoms with Crippen LogP contribution in [-0.2, 0) is 20.8 Å². The van der Waals surface area contributed by atoms with Gasteiger partial charge in [0.25, 0.3) is 0 Å². The maximum absolute atomic E-state index is 12.5. The smallest absolute Gasteiger partial charge is 0.326 e. The Morgan fingerprint density at radius 3 is 2.42 bits per heavy atom. The fraction of sp³-hybridized carbons (Fsp3) is 0.471. The number of thioether (sulfide) groups is 2. The molecule has 0 aromatic heterocycles. The van der Waals surface area contributed by atoms with Crippen molar-refractivity contribution in [3.63, 3.8) is 0 Å². The summed E-state index contributed by atoms with van der Waals surface area (Å²) >= 11 is 2.63. The zero-order valence-corrected chi connectivity index (χ0v) is 15.5. The van der Waals surface area contributed by atoms with E-state index >= 15 is 0 Å². The SMILES string of the molecule is CSCC[C@@H](NC(=O)[C@@H](CSC(C)=O)Cc1ccccc1)C(=O)O. The highest BCUT2D eigenvalue weighted by Crippen LogP contribution is 2.16. The monoisotopic (exact) mass is 369 g/mol. The fourth-order valence-electron chi connectivity index (χ4n) is 2.13. The van der Waals surface area contributed by atoms with Gasteiger partial charge in [0.05, 0.1) is 5.92 Å². The Morgan fingerprint density at radius 2 is 1.88 bits per heavy atom. The van der Waals surface area contributed by atoms with E-state index in [9.17, 15) is 19.5 Å². The predicted molar refractivity (Wildman–Crippen MR) is 99.3 cm³/mol. The first-order valence-electron chi connectivity index (χ1n) is 7.63. The van der Waals surface area contributed by atoms with Gasteiger partial charge in [0, 0.05) is 12.7 Å². The van der Waals surface area contributed by atoms with Crippen molar-refractivity contribution in [1.82, 2.24) is 5.32 Å². The fourth-order valence-corrected chi connectivity index (χ4v) is 3.30. The minimum atomic E-state index is -1.03. The Balaban J connectivity index is 2.77. The number of nitrogens with one attached hydrogen (secondary N) is 1. The highest BCUT2D eigenvalue weighted by molar-refractivity contribution is 8.13. The van der Waals surface area contributed by atoms with Crippen molar-refractivity contribution in [2.45, 2.75) is 25.8 Å². The Hall–Kier alpha value is -1.47. The predicted octanol–water partition coefficient (Wildman–Crippen LogP) is 2.45. The van der Waals surface area contributed by atoms with Crippen LogP contribution in [-0.4, -0.2) is 45.9 Å². The Kier molecular flexibility index (Phi) is 9.56. The molecule has 2 N–H and O–H groups in total. The van der Waals surface area contributed by atoms with Crippen molar-refractivity contribution >= 4 is 40.5 Å². The van der Waals surface area contributed by atoms with E-state index in [0.29, 0.717) is 24.3 Å². The third-order valence-corrected chi connectivity index (χ3v) is 5.03. The third kappa shape index (κ3) is 7.88. The van der Waals surface area contributed by atoms with Crippen molar-refractivity contribution in [1.29, 1.82) is 0 Å². The lowest BCUT2D eigenvalue weighted by Gasteiger charge is -2.20. The van der Waals surface area contributed by atoms with E-state index in [1.165, 1.54) is 18.7 Å². The number of carbonyl (C=O) groups is 3. The summed E-state index contributed by atoms with van der Waals surface area (Å²) in [6, 6.07) is 8.61. The van der Waals surface area contributed by atoms with E-state index in [1.807, 2.05) is 36.6 Å². The van der Waals surface area contributed by atoms with Crippen LogP contribution in [0, 0.1) is 5.92 Å². The maximum atomic E-state index is 12.5. The van der Waals surface area contributed by atoms with E-state index in [1.54, 1.807) is 0 Å². The Bertz CT molecular complexity index is 551. The average Bonchev–Trinajstić information content (AvgIpc) is 2.55. The summed E-state index contributed by atoms with van der Waals surface area (Å²) in [4.78, 5) is 35.1. The minimum Gasteiger partial charge on any atom is -0.480 e. The normalized spacial score (nSPS) is 13.1. The van der Waals surface area contributed by atoms with E-state index < -0.39 is 17.9 Å². The van der Waals surface area contributed by atoms with Gasteiger partial charge in [-0.1, -0.05) is 42.1 Å². The first-order chi connectivity index (χ1) is 11.4. The zero-order chi connectivity index (χ0) is 17.9. The van der Waals surface area contributed by atoms with E-state index in [4.69, 9.17) is 0 Å². The van der Waals surface area contributed by atoms with E-state index in [2.05, 4.69) is 5.32 Å². The molecule has 1 aromatic rings. The lowest BCUT2D eigenvalue weighted by molar-refractivity contribution is -0.142. The van der Waals surface area contributed by atoms with Gasteiger partial charge in [-0.3, -0.25) is 9.59 Å². The molecule has 0 aliphatic carbocycles. The Labute approximate surface area is 151 Å². The number of hydrogen-bond donors (Lipinski definition) is 2. The molecule has 0 radical (unpaired) electrons. The second kappa shape index (κ2) is 11.1. The number of aliphatic carboxylic acids is 1. The molecule has 1 amide bonds. The van der Waals surface area contributed by atoms with Crippen molar-refractivity contribution in [2.24, 2.45) is 5.92 Å². The standard InChI is InChI=1S/C17H23NO4S2/c1-12(19)24-11-14(10-13-6-4-3-5-7-13)16(20)18-15(17(21)22)8-9-23-2/h3-7,14-15H,8-11H2,1-2H3,(H,18,20)(H,21,22)/t14-,15-/m1/s1. The third-order valence-electron chi connectivity index (χ3n) is 3.41. The number of carbonyl (C=O) groups excluding carboxylic acids is 2. The molecule has 0 bridgehead atoms. The van der Waals surface area contributed by atoms with Crippen LogP contribution >= 0.6 is 23.5 Å². The molecule has 132 valence electrons. The van der Waals surface area contributed by atoms with Crippen LogP contribution < -0.4 is 5.32 Å². The van der Waals surface area contributed by atoms with Gasteiger partial charge >= 0.3 is 5.97 Å². The van der Waals surface area contributed by atoms with Gasteiger partial charge in [0.15, 0.2) is 5.12 Å². The number of amides is 1. The summed E-state index contributed by atoms with van der Waals surface area (Å²) in [6.07, 6.45) is 2.74. The largest absolute Gasteiger partial charge is 0.480 e. The van der Waals surface area contributed by atoms with Gasteiger partial charge in [-0.05, 0) is 30.4 Å². The average molecular weight is 370 g/mol. The molecule has 0 saturated carbocycles. The van der Waals surface area contributed by atoms with E-state index in [0.717, 1.165) is 17.3 Å². The molecule has 7 heteroatoms. The highest BCUT2D eigenvalue weighted by Gasteiger charge is 2.25. The van der Waals surface area contributed by atoms with Crippen LogP contribution in [0.4, 0.5) is 0 Å². The highest BCUT2D eigenvalue weighted by atomic mass is 32.2. The van der Waals surface area contributed by atoms with Gasteiger partial charge in [-0.2, -0.15) is 11.8 Å². The summed E-state index contributed by atoms with van der Waals surface area (Å²) in [5, 5.41) is 11.8. The van der Waals surface area contributed by atoms with Crippen molar-refractivity contribution in [3.8, 4) is 0 Å². The van der Waals surface area contributed by atoms with Crippen molar-refractivity contribution in [3.05, 3.63) is 35.9 Å². The van der Waals surface area contributed by atoms with Crippen LogP contribution in [0.2, 0.25) is 0 Å². The summed E-state index contributed by atoms with van der Waals surface area (Å²) < 4.78 is 0. The van der Waals surface area contributed by atoms with Crippen molar-refractivity contribution in [2.75, 3.05) is 17.8 Å². The molecule has 0 unspecified atom stereocenters. The molecule has 1 rings (SSSR count). The molecule has 2 atom stereocenters. The lowest BCUT2D eigenvalue weighted by atomic mass is 9.99. The van der Waals surface area contributed by atoms with Crippen LogP contribution in [0.25, 0.3) is 0 Å². The second-order valence-electron chi connectivity index (χ2n) is 5.37. The molecule has 5 nitrogen and oxygen atoms in total. The molecule has 0 aliphatic heterocycles. The van der Waals surface area contributed by atoms with Crippen LogP contribution in [0.15, 0.2) is 30.3 Å². The summed E-state index contributed by atoms with van der Waals surface area (Å²) in [5.74, 6) is -0.804. The molecule has 1 aromatic carbocycles. The quantitative estimate of drug-likeness (QED) is 0.659. The number of rotatable bonds is 10. The van der Waals surface area contributed by atoms with E-state index in [-0.39, 0.29) is 11.0 Å². The molecule has 0 fully saturated rings. The summed E-state index contributed by atoms with van der Waals surface area (Å²) in [5.41, 5.74) is 0.984. The van der Waals surface area contributed by atoms with Crippen LogP contribution in [0.5, 0.6) is 0 Å². The van der Waals surface area contributed by atoms with Gasteiger partial charge in [0.2, 0.25) is 5.91 Å². The molecular weight excluding hydrogens is 346 g/mol. The number of carboxylic acid groups (broad SMARTS) is 1. The van der Waals surface area contributed by atoms with Gasteiger partial charge in [-0.15, -0.1) is 0 Å². The van der Waals surface area contributed by atoms with Gasteiger partial charge in [-0.25, -0.2) is 4.79 Å². The number of benzene rings is 1. The molecular formula is C17H23NO4S2. The van der Waals surface area contributed by atoms with Gasteiger partial charge < -0.3 is 10.4 Å². The van der Waals surface area contributed by atoms with Crippen LogP contribution in [0.3, 0.4) is 0 Å². The first kappa shape index (κ1) is 20.6. The lowest BCUT2D eigenvalue weighted by Crippen LogP contribution is -2.45. The molecule has 24 heavy (non-hydrogen) atoms. The second-order valence-corrected chi connectivity index (χ2v) is 7.55. The summed E-state index contributed by atoms with van der Waals surface area (Å²) in [7, 11) is 0. The zero-order valence-electron chi connectivity index (χ0n) is 13.9. The maximum Gasteiger partial charge on any atom is 0.326 e. The number of carboxylic acids is 1.